The molecule has 13 heavy (non-hydrogen) atoms. The number of carbonyl (C=O) groups is 1. The maximum Gasteiger partial charge on any atom is 0.252 e. The van der Waals surface area contributed by atoms with Crippen molar-refractivity contribution in [2.45, 2.75) is 19.3 Å². The summed E-state index contributed by atoms with van der Waals surface area (Å²) in [7, 11) is 0. The van der Waals surface area contributed by atoms with E-state index in [0.717, 1.165) is 5.56 Å². The Kier molecular flexibility index (Phi) is 3.12. The van der Waals surface area contributed by atoms with Gasteiger partial charge in [0.05, 0.1) is 0 Å². The van der Waals surface area contributed by atoms with Gasteiger partial charge in [-0.25, -0.2) is 8.78 Å². The predicted molar refractivity (Wildman–Crippen MR) is 46.0 cm³/mol. The molecule has 0 saturated heterocycles. The minimum atomic E-state index is -2.62. The molecule has 0 bridgehead atoms. The fourth-order valence-electron chi connectivity index (χ4n) is 1.07. The van der Waals surface area contributed by atoms with Gasteiger partial charge in [0.1, 0.15) is 12.2 Å². The van der Waals surface area contributed by atoms with Crippen molar-refractivity contribution in [3.05, 3.63) is 35.4 Å². The third-order valence-corrected chi connectivity index (χ3v) is 1.88. The van der Waals surface area contributed by atoms with E-state index in [4.69, 9.17) is 0 Å². The van der Waals surface area contributed by atoms with E-state index in [2.05, 4.69) is 0 Å². The first-order chi connectivity index (χ1) is 6.15. The smallest absolute Gasteiger partial charge is 0.252 e. The van der Waals surface area contributed by atoms with Crippen molar-refractivity contribution in [3.63, 3.8) is 0 Å². The summed E-state index contributed by atoms with van der Waals surface area (Å²) in [4.78, 5) is 10.4. The molecule has 0 N–H and O–H groups in total. The number of hydrogen-bond acceptors (Lipinski definition) is 1. The van der Waals surface area contributed by atoms with Gasteiger partial charge in [-0.2, -0.15) is 0 Å². The van der Waals surface area contributed by atoms with Gasteiger partial charge in [0, 0.05) is 0 Å². The molecule has 1 rings (SSSR count). The minimum absolute atomic E-state index is 0.287. The monoisotopic (exact) mass is 184 g/mol. The quantitative estimate of drug-likeness (QED) is 0.660. The number of halogens is 2. The van der Waals surface area contributed by atoms with Crippen LogP contribution >= 0.6 is 0 Å². The van der Waals surface area contributed by atoms with Crippen LogP contribution in [-0.4, -0.2) is 12.7 Å². The fraction of sp³-hybridized carbons (Fsp3) is 0.300. The molecule has 0 aliphatic carbocycles. The number of hydrogen-bond donors (Lipinski definition) is 0. The van der Waals surface area contributed by atoms with Gasteiger partial charge >= 0.3 is 0 Å². The largest absolute Gasteiger partial charge is 0.302 e. The highest BCUT2D eigenvalue weighted by molar-refractivity contribution is 5.62. The summed E-state index contributed by atoms with van der Waals surface area (Å²) in [6.07, 6.45) is -2.34. The van der Waals surface area contributed by atoms with Crippen LogP contribution in [0.4, 0.5) is 8.78 Å². The molecule has 0 aliphatic rings. The first-order valence-electron chi connectivity index (χ1n) is 3.95. The molecule has 1 unspecified atom stereocenters. The minimum Gasteiger partial charge on any atom is -0.302 e. The van der Waals surface area contributed by atoms with Crippen molar-refractivity contribution < 1.29 is 13.6 Å². The van der Waals surface area contributed by atoms with Crippen LogP contribution in [0.1, 0.15) is 17.0 Å². The highest BCUT2D eigenvalue weighted by atomic mass is 19.3. The van der Waals surface area contributed by atoms with Gasteiger partial charge in [-0.1, -0.05) is 29.8 Å². The van der Waals surface area contributed by atoms with Crippen LogP contribution in [0.3, 0.4) is 0 Å². The molecule has 0 heterocycles. The Morgan fingerprint density at radius 3 is 2.15 bits per heavy atom. The summed E-state index contributed by atoms with van der Waals surface area (Å²) in [5.74, 6) is -1.29. The summed E-state index contributed by atoms with van der Waals surface area (Å²) >= 11 is 0. The lowest BCUT2D eigenvalue weighted by Crippen LogP contribution is -2.10. The van der Waals surface area contributed by atoms with E-state index >= 15 is 0 Å². The Bertz CT molecular complexity index is 279. The zero-order valence-electron chi connectivity index (χ0n) is 7.21. The average Bonchev–Trinajstić information content (AvgIpc) is 2.09. The molecule has 0 amide bonds. The number of carbonyl (C=O) groups excluding carboxylic acids is 1. The lowest BCUT2D eigenvalue weighted by molar-refractivity contribution is -0.111. The molecule has 0 fully saturated rings. The van der Waals surface area contributed by atoms with Gasteiger partial charge in [-0.3, -0.25) is 0 Å². The lowest BCUT2D eigenvalue weighted by atomic mass is 10.0. The van der Waals surface area contributed by atoms with Crippen molar-refractivity contribution in [2.24, 2.45) is 0 Å². The van der Waals surface area contributed by atoms with Crippen molar-refractivity contribution >= 4 is 6.29 Å². The summed E-state index contributed by atoms with van der Waals surface area (Å²) < 4.78 is 24.5. The third kappa shape index (κ3) is 2.34. The van der Waals surface area contributed by atoms with Crippen molar-refractivity contribution in [1.82, 2.24) is 0 Å². The Morgan fingerprint density at radius 1 is 1.23 bits per heavy atom. The van der Waals surface area contributed by atoms with Crippen molar-refractivity contribution in [1.29, 1.82) is 0 Å². The summed E-state index contributed by atoms with van der Waals surface area (Å²) in [5, 5.41) is 0. The van der Waals surface area contributed by atoms with Crippen LogP contribution in [0.15, 0.2) is 24.3 Å². The molecule has 3 heteroatoms. The highest BCUT2D eigenvalue weighted by Gasteiger charge is 2.20. The second-order valence-corrected chi connectivity index (χ2v) is 2.91. The zero-order chi connectivity index (χ0) is 9.84. The van der Waals surface area contributed by atoms with Gasteiger partial charge < -0.3 is 4.79 Å². The Labute approximate surface area is 75.4 Å². The van der Waals surface area contributed by atoms with Crippen LogP contribution in [0.2, 0.25) is 0 Å². The third-order valence-electron chi connectivity index (χ3n) is 1.88. The second kappa shape index (κ2) is 4.12. The van der Waals surface area contributed by atoms with Crippen molar-refractivity contribution in [3.8, 4) is 0 Å². The van der Waals surface area contributed by atoms with E-state index in [-0.39, 0.29) is 6.29 Å². The van der Waals surface area contributed by atoms with E-state index in [1.807, 2.05) is 6.92 Å². The number of aryl methyl sites for hydroxylation is 1. The van der Waals surface area contributed by atoms with Gasteiger partial charge in [0.15, 0.2) is 0 Å². The molecule has 0 radical (unpaired) electrons. The highest BCUT2D eigenvalue weighted by Crippen LogP contribution is 2.21. The van der Waals surface area contributed by atoms with Gasteiger partial charge in [-0.15, -0.1) is 0 Å². The number of rotatable bonds is 3. The van der Waals surface area contributed by atoms with Crippen LogP contribution < -0.4 is 0 Å². The van der Waals surface area contributed by atoms with E-state index in [0.29, 0.717) is 5.56 Å². The average molecular weight is 184 g/mol. The zero-order valence-corrected chi connectivity index (χ0v) is 7.21. The molecule has 1 nitrogen and oxygen atoms in total. The summed E-state index contributed by atoms with van der Waals surface area (Å²) in [5.41, 5.74) is 1.36. The lowest BCUT2D eigenvalue weighted by Gasteiger charge is -2.08. The maximum atomic E-state index is 12.3. The standard InChI is InChI=1S/C10H10F2O/c1-7-2-4-8(5-3-7)9(6-13)10(11)12/h2-6,9-10H,1H3. The SMILES string of the molecule is Cc1ccc(C(C=O)C(F)F)cc1. The molecule has 1 aromatic carbocycles. The van der Waals surface area contributed by atoms with Crippen LogP contribution in [0.5, 0.6) is 0 Å². The molecular weight excluding hydrogens is 174 g/mol. The molecule has 1 aromatic rings. The fourth-order valence-corrected chi connectivity index (χ4v) is 1.07. The molecule has 1 atom stereocenters. The Hall–Kier alpha value is -1.25. The van der Waals surface area contributed by atoms with E-state index < -0.39 is 12.3 Å². The number of aldehydes is 1. The molecule has 0 saturated carbocycles. The van der Waals surface area contributed by atoms with Crippen LogP contribution in [0.25, 0.3) is 0 Å². The molecule has 70 valence electrons. The molecule has 0 aromatic heterocycles. The van der Waals surface area contributed by atoms with Crippen LogP contribution in [-0.2, 0) is 4.79 Å². The topological polar surface area (TPSA) is 17.1 Å². The molecule has 0 spiro atoms. The van der Waals surface area contributed by atoms with Gasteiger partial charge in [0.25, 0.3) is 6.43 Å². The summed E-state index contributed by atoms with van der Waals surface area (Å²) in [6, 6.07) is 6.55. The molecule has 0 aliphatic heterocycles. The van der Waals surface area contributed by atoms with Crippen molar-refractivity contribution in [2.75, 3.05) is 0 Å². The van der Waals surface area contributed by atoms with Crippen LogP contribution in [0, 0.1) is 6.92 Å². The predicted octanol–water partition coefficient (Wildman–Crippen LogP) is 2.54. The Balaban J connectivity index is 2.92. The first kappa shape index (κ1) is 9.84. The van der Waals surface area contributed by atoms with Gasteiger partial charge in [0.2, 0.25) is 0 Å². The Morgan fingerprint density at radius 2 is 1.77 bits per heavy atom. The first-order valence-corrected chi connectivity index (χ1v) is 3.95. The summed E-state index contributed by atoms with van der Waals surface area (Å²) in [6.45, 7) is 1.86. The normalized spacial score (nSPS) is 12.9. The van der Waals surface area contributed by atoms with E-state index in [9.17, 15) is 13.6 Å². The maximum absolute atomic E-state index is 12.3. The van der Waals surface area contributed by atoms with Gasteiger partial charge in [-0.05, 0) is 12.5 Å². The number of benzene rings is 1. The van der Waals surface area contributed by atoms with E-state index in [1.165, 1.54) is 0 Å². The molecular formula is C10H10F2O. The number of alkyl halides is 2. The second-order valence-electron chi connectivity index (χ2n) is 2.91. The van der Waals surface area contributed by atoms with E-state index in [1.54, 1.807) is 24.3 Å².